The maximum Gasteiger partial charge on any atom is 0.197 e. The third-order valence-electron chi connectivity index (χ3n) is 4.50. The summed E-state index contributed by atoms with van der Waals surface area (Å²) in [5.74, 6) is 1.54. The van der Waals surface area contributed by atoms with Gasteiger partial charge < -0.3 is 15.6 Å². The number of rotatable bonds is 5. The molecule has 4 aromatic heterocycles. The van der Waals surface area contributed by atoms with Crippen LogP contribution in [0.5, 0.6) is 0 Å². The largest absolute Gasteiger partial charge is 0.383 e. The van der Waals surface area contributed by atoms with Crippen LogP contribution in [0.2, 0.25) is 0 Å². The fraction of sp³-hybridized carbons (Fsp3) is 0.353. The van der Waals surface area contributed by atoms with Crippen molar-refractivity contribution in [2.45, 2.75) is 32.7 Å². The van der Waals surface area contributed by atoms with Gasteiger partial charge in [-0.25, -0.2) is 24.5 Å². The van der Waals surface area contributed by atoms with Crippen LogP contribution in [0.4, 0.5) is 11.6 Å². The van der Waals surface area contributed by atoms with Gasteiger partial charge in [-0.15, -0.1) is 0 Å². The van der Waals surface area contributed by atoms with Crippen molar-refractivity contribution in [1.29, 1.82) is 0 Å². The van der Waals surface area contributed by atoms with Crippen LogP contribution in [0.25, 0.3) is 16.7 Å². The third-order valence-corrected chi connectivity index (χ3v) is 4.50. The van der Waals surface area contributed by atoms with E-state index in [9.17, 15) is 0 Å². The van der Waals surface area contributed by atoms with Gasteiger partial charge in [0.05, 0.1) is 17.3 Å². The third kappa shape index (κ3) is 2.61. The van der Waals surface area contributed by atoms with E-state index >= 15 is 0 Å². The molecule has 4 rings (SSSR count). The molecule has 1 unspecified atom stereocenters. The van der Waals surface area contributed by atoms with Crippen LogP contribution in [0.3, 0.4) is 0 Å². The van der Waals surface area contributed by atoms with Crippen LogP contribution in [0.1, 0.15) is 38.4 Å². The molecule has 0 aliphatic carbocycles. The van der Waals surface area contributed by atoms with Crippen molar-refractivity contribution in [2.75, 3.05) is 17.6 Å². The smallest absolute Gasteiger partial charge is 0.197 e. The molecule has 1 atom stereocenters. The van der Waals surface area contributed by atoms with Crippen molar-refractivity contribution in [1.82, 2.24) is 34.1 Å². The van der Waals surface area contributed by atoms with E-state index in [2.05, 4.69) is 55.7 Å². The molecule has 0 aliphatic rings. The van der Waals surface area contributed by atoms with Crippen LogP contribution in [0.15, 0.2) is 31.1 Å². The van der Waals surface area contributed by atoms with E-state index in [0.29, 0.717) is 24.1 Å². The molecule has 134 valence electrons. The predicted octanol–water partition coefficient (Wildman–Crippen LogP) is 2.25. The van der Waals surface area contributed by atoms with Crippen LogP contribution in [0, 0.1) is 0 Å². The Balaban J connectivity index is 1.59. The molecule has 9 heteroatoms. The highest BCUT2D eigenvalue weighted by molar-refractivity contribution is 5.86. The first kappa shape index (κ1) is 16.2. The predicted molar refractivity (Wildman–Crippen MR) is 100 cm³/mol. The first-order valence-electron chi connectivity index (χ1n) is 8.55. The molecule has 9 nitrogen and oxygen atoms in total. The highest BCUT2D eigenvalue weighted by atomic mass is 15.3. The lowest BCUT2D eigenvalue weighted by molar-refractivity contribution is 0.588. The Morgan fingerprint density at radius 2 is 1.92 bits per heavy atom. The molecular formula is C17H21N9. The first-order valence-corrected chi connectivity index (χ1v) is 8.55. The zero-order valence-corrected chi connectivity index (χ0v) is 15.0. The molecule has 0 amide bonds. The quantitative estimate of drug-likeness (QED) is 0.567. The Bertz CT molecular complexity index is 1060. The van der Waals surface area contributed by atoms with Crippen molar-refractivity contribution in [2.24, 2.45) is 0 Å². The zero-order chi connectivity index (χ0) is 18.3. The second kappa shape index (κ2) is 6.25. The molecule has 0 fully saturated rings. The number of nitrogens with zero attached hydrogens (tertiary/aromatic N) is 7. The van der Waals surface area contributed by atoms with E-state index in [1.54, 1.807) is 6.33 Å². The molecule has 0 saturated heterocycles. The molecular weight excluding hydrogens is 330 g/mol. The Hall–Kier alpha value is -3.23. The number of nitrogens with two attached hydrogens (primary N) is 1. The minimum Gasteiger partial charge on any atom is -0.383 e. The highest BCUT2D eigenvalue weighted by Gasteiger charge is 2.15. The van der Waals surface area contributed by atoms with Gasteiger partial charge in [0.1, 0.15) is 24.1 Å². The van der Waals surface area contributed by atoms with Crippen molar-refractivity contribution >= 4 is 28.3 Å². The molecule has 0 saturated carbocycles. The van der Waals surface area contributed by atoms with E-state index < -0.39 is 0 Å². The summed E-state index contributed by atoms with van der Waals surface area (Å²) >= 11 is 0. The number of hydrogen-bond acceptors (Lipinski definition) is 7. The standard InChI is InChI=1S/C17H21N9/c1-10(2)13-7-20-17-15(22-9-24-26(13)17)19-6-11(3)25-5-4-12-14(18)21-8-23-16(12)25/h4-5,7-11H,6H2,1-3H3,(H2,18,21,23)(H,19,22,24). The fourth-order valence-electron chi connectivity index (χ4n) is 3.04. The second-order valence-corrected chi connectivity index (χ2v) is 6.63. The van der Waals surface area contributed by atoms with Gasteiger partial charge in [0.15, 0.2) is 11.5 Å². The average Bonchev–Trinajstić information content (AvgIpc) is 3.24. The van der Waals surface area contributed by atoms with Crippen molar-refractivity contribution < 1.29 is 0 Å². The van der Waals surface area contributed by atoms with Gasteiger partial charge in [-0.3, -0.25) is 0 Å². The first-order chi connectivity index (χ1) is 12.6. The maximum absolute atomic E-state index is 5.92. The van der Waals surface area contributed by atoms with Crippen LogP contribution in [-0.2, 0) is 0 Å². The van der Waals surface area contributed by atoms with E-state index in [4.69, 9.17) is 5.73 Å². The number of fused-ring (bicyclic) bond motifs is 2. The van der Waals surface area contributed by atoms with E-state index in [1.165, 1.54) is 6.33 Å². The monoisotopic (exact) mass is 351 g/mol. The number of nitrogens with one attached hydrogen (secondary N) is 1. The maximum atomic E-state index is 5.92. The minimum absolute atomic E-state index is 0.136. The summed E-state index contributed by atoms with van der Waals surface area (Å²) in [6, 6.07) is 2.07. The molecule has 0 bridgehead atoms. The molecule has 0 spiro atoms. The lowest BCUT2D eigenvalue weighted by atomic mass is 10.2. The number of imidazole rings is 1. The highest BCUT2D eigenvalue weighted by Crippen LogP contribution is 2.22. The van der Waals surface area contributed by atoms with Gasteiger partial charge in [0, 0.05) is 18.8 Å². The van der Waals surface area contributed by atoms with Crippen LogP contribution < -0.4 is 11.1 Å². The summed E-state index contributed by atoms with van der Waals surface area (Å²) in [5, 5.41) is 8.55. The summed E-state index contributed by atoms with van der Waals surface area (Å²) < 4.78 is 3.91. The van der Waals surface area contributed by atoms with Crippen molar-refractivity contribution in [3.63, 3.8) is 0 Å². The normalized spacial score (nSPS) is 12.9. The van der Waals surface area contributed by atoms with Gasteiger partial charge in [0.25, 0.3) is 0 Å². The Labute approximate surface area is 150 Å². The Morgan fingerprint density at radius 3 is 2.73 bits per heavy atom. The van der Waals surface area contributed by atoms with Crippen LogP contribution in [-0.4, -0.2) is 40.7 Å². The summed E-state index contributed by atoms with van der Waals surface area (Å²) in [7, 11) is 0. The van der Waals surface area contributed by atoms with Gasteiger partial charge in [-0.1, -0.05) is 13.8 Å². The SMILES string of the molecule is CC(C)c1cnc2c(NCC(C)n3ccc4c(N)ncnc43)ncnn12. The molecule has 0 radical (unpaired) electrons. The Morgan fingerprint density at radius 1 is 1.08 bits per heavy atom. The average molecular weight is 351 g/mol. The lowest BCUT2D eigenvalue weighted by Gasteiger charge is -2.16. The summed E-state index contributed by atoms with van der Waals surface area (Å²) in [5.41, 5.74) is 8.52. The topological polar surface area (TPSA) is 112 Å². The summed E-state index contributed by atoms with van der Waals surface area (Å²) in [4.78, 5) is 17.2. The fourth-order valence-corrected chi connectivity index (χ4v) is 3.04. The van der Waals surface area contributed by atoms with Gasteiger partial charge in [-0.2, -0.15) is 5.10 Å². The molecule has 3 N–H and O–H groups in total. The zero-order valence-electron chi connectivity index (χ0n) is 15.0. The molecule has 26 heavy (non-hydrogen) atoms. The van der Waals surface area contributed by atoms with Crippen molar-refractivity contribution in [3.05, 3.63) is 36.8 Å². The lowest BCUT2D eigenvalue weighted by Crippen LogP contribution is -2.17. The molecule has 4 heterocycles. The summed E-state index contributed by atoms with van der Waals surface area (Å²) in [6.45, 7) is 7.00. The molecule has 0 aromatic carbocycles. The molecule has 0 aliphatic heterocycles. The second-order valence-electron chi connectivity index (χ2n) is 6.63. The van der Waals surface area contributed by atoms with Gasteiger partial charge >= 0.3 is 0 Å². The number of anilines is 2. The van der Waals surface area contributed by atoms with E-state index in [0.717, 1.165) is 22.4 Å². The van der Waals surface area contributed by atoms with Gasteiger partial charge in [-0.05, 0) is 18.9 Å². The summed E-state index contributed by atoms with van der Waals surface area (Å²) in [6.07, 6.45) is 6.86. The number of hydrogen-bond donors (Lipinski definition) is 2. The van der Waals surface area contributed by atoms with E-state index in [1.807, 2.05) is 23.0 Å². The number of aromatic nitrogens is 7. The van der Waals surface area contributed by atoms with Gasteiger partial charge in [0.2, 0.25) is 0 Å². The molecule has 4 aromatic rings. The van der Waals surface area contributed by atoms with Crippen LogP contribution >= 0.6 is 0 Å². The minimum atomic E-state index is 0.136. The number of nitrogen functional groups attached to an aromatic ring is 1. The van der Waals surface area contributed by atoms with E-state index in [-0.39, 0.29) is 6.04 Å². The Kier molecular flexibility index (Phi) is 3.90. The van der Waals surface area contributed by atoms with Crippen molar-refractivity contribution in [3.8, 4) is 0 Å².